The molecule has 0 saturated carbocycles. The Labute approximate surface area is 250 Å². The molecule has 0 saturated heterocycles. The van der Waals surface area contributed by atoms with E-state index in [1.807, 2.05) is 47.1 Å². The summed E-state index contributed by atoms with van der Waals surface area (Å²) in [4.78, 5) is 22.9. The van der Waals surface area contributed by atoms with Gasteiger partial charge in [0.2, 0.25) is 15.2 Å². The highest BCUT2D eigenvalue weighted by Crippen LogP contribution is 2.36. The summed E-state index contributed by atoms with van der Waals surface area (Å²) in [6.45, 7) is 0.858. The van der Waals surface area contributed by atoms with Gasteiger partial charge in [0.25, 0.3) is 0 Å². The van der Waals surface area contributed by atoms with E-state index < -0.39 is 15.3 Å². The van der Waals surface area contributed by atoms with Gasteiger partial charge in [-0.15, -0.1) is 11.3 Å². The van der Waals surface area contributed by atoms with Gasteiger partial charge in [-0.05, 0) is 48.2 Å². The first-order valence-electron chi connectivity index (χ1n) is 13.1. The SMILES string of the molecule is COc1cccc2c1c(NS(=O)(=[PH2+])c1ccc(Cl)s1)nn2Cc1cccc(CNC(=O)CCCCCCC(=O)O)c1. The summed E-state index contributed by atoms with van der Waals surface area (Å²) < 4.78 is 25.2. The average molecular weight is 636 g/mol. The number of hydrogen-bond acceptors (Lipinski definition) is 6. The lowest BCUT2D eigenvalue weighted by Crippen LogP contribution is -2.22. The number of carboxylic acids is 1. The molecule has 0 fully saturated rings. The van der Waals surface area contributed by atoms with Gasteiger partial charge in [0.1, 0.15) is 18.0 Å². The van der Waals surface area contributed by atoms with Gasteiger partial charge < -0.3 is 15.2 Å². The first-order chi connectivity index (χ1) is 19.7. The van der Waals surface area contributed by atoms with Crippen LogP contribution < -0.4 is 14.8 Å². The number of carbonyl (C=O) groups excluding carboxylic acids is 1. The highest BCUT2D eigenvalue weighted by Gasteiger charge is 2.22. The van der Waals surface area contributed by atoms with E-state index in [4.69, 9.17) is 26.5 Å². The van der Waals surface area contributed by atoms with Crippen LogP contribution in [0.15, 0.2) is 58.8 Å². The zero-order valence-corrected chi connectivity index (χ0v) is 26.1. The van der Waals surface area contributed by atoms with Crippen LogP contribution in [-0.4, -0.2) is 38.1 Å². The van der Waals surface area contributed by atoms with Crippen molar-refractivity contribution in [3.63, 3.8) is 0 Å². The van der Waals surface area contributed by atoms with Crippen molar-refractivity contribution in [3.8, 4) is 5.75 Å². The van der Waals surface area contributed by atoms with Gasteiger partial charge in [0.15, 0.2) is 5.82 Å². The molecule has 2 heterocycles. The van der Waals surface area contributed by atoms with Crippen molar-refractivity contribution in [2.75, 3.05) is 11.8 Å². The van der Waals surface area contributed by atoms with Crippen LogP contribution in [0.1, 0.15) is 49.7 Å². The molecule has 0 radical (unpaired) electrons. The fourth-order valence-electron chi connectivity index (χ4n) is 4.43. The minimum absolute atomic E-state index is 0.0254. The molecular formula is C28H33ClN4O5PS2+. The van der Waals surface area contributed by atoms with E-state index in [1.165, 1.54) is 11.3 Å². The fourth-order valence-corrected chi connectivity index (χ4v) is 8.04. The van der Waals surface area contributed by atoms with E-state index in [0.717, 1.165) is 41.3 Å². The molecule has 218 valence electrons. The number of anilines is 1. The van der Waals surface area contributed by atoms with Crippen LogP contribution in [0.5, 0.6) is 5.75 Å². The molecule has 41 heavy (non-hydrogen) atoms. The zero-order valence-electron chi connectivity index (χ0n) is 22.6. The number of aromatic nitrogens is 2. The van der Waals surface area contributed by atoms with Crippen LogP contribution >= 0.6 is 31.0 Å². The molecule has 2 aromatic heterocycles. The average Bonchev–Trinajstić information content (AvgIpc) is 3.53. The van der Waals surface area contributed by atoms with Gasteiger partial charge in [-0.1, -0.05) is 54.8 Å². The first kappa shape index (κ1) is 30.8. The molecule has 0 spiro atoms. The molecule has 4 aromatic rings. The standard InChI is InChI=1S/C28H32ClN4O5PS2/c1-38-22-11-7-10-21-27(22)28(32-41(37,39)26-15-14-23(29)40-26)31-33(21)18-20-9-6-8-19(16-20)17-30-24(34)12-4-2-3-5-13-25(35)36/h6-11,14-16,39H,2-5,12-13,17-18H2,1H3,(H,30,34)(H,35,36)(H,31,32,37)/p+1. The molecule has 0 aliphatic rings. The number of carbonyl (C=O) groups is 2. The lowest BCUT2D eigenvalue weighted by atomic mass is 10.1. The largest absolute Gasteiger partial charge is 0.496 e. The van der Waals surface area contributed by atoms with E-state index in [-0.39, 0.29) is 12.3 Å². The summed E-state index contributed by atoms with van der Waals surface area (Å²) in [7, 11) is 1.23. The summed E-state index contributed by atoms with van der Waals surface area (Å²) in [5.74, 6) is 0.239. The zero-order chi connectivity index (χ0) is 29.4. The number of thiophene rings is 1. The minimum atomic E-state index is -2.75. The maximum Gasteiger partial charge on any atom is 0.303 e. The third-order valence-corrected chi connectivity index (χ3v) is 11.3. The van der Waals surface area contributed by atoms with Crippen LogP contribution in [0.2, 0.25) is 4.34 Å². The summed E-state index contributed by atoms with van der Waals surface area (Å²) in [5.41, 5.74) is 2.77. The Hall–Kier alpha value is -3.11. The maximum absolute atomic E-state index is 13.5. The first-order valence-corrected chi connectivity index (χ1v) is 17.3. The number of aliphatic carboxylic acids is 1. The number of methoxy groups -OCH3 is 1. The molecule has 13 heteroatoms. The van der Waals surface area contributed by atoms with Crippen molar-refractivity contribution in [1.29, 1.82) is 0 Å². The molecule has 0 aliphatic carbocycles. The molecule has 0 bridgehead atoms. The Balaban J connectivity index is 1.44. The lowest BCUT2D eigenvalue weighted by Gasteiger charge is -2.09. The van der Waals surface area contributed by atoms with Gasteiger partial charge in [0, 0.05) is 19.4 Å². The number of fused-ring (bicyclic) bond motifs is 1. The van der Waals surface area contributed by atoms with Crippen molar-refractivity contribution in [3.05, 3.63) is 70.1 Å². The van der Waals surface area contributed by atoms with Crippen LogP contribution in [0, 0.1) is 0 Å². The van der Waals surface area contributed by atoms with Gasteiger partial charge >= 0.3 is 5.97 Å². The number of amides is 1. The summed E-state index contributed by atoms with van der Waals surface area (Å²) in [5, 5.41) is 17.2. The second-order valence-corrected chi connectivity index (χ2v) is 15.3. The van der Waals surface area contributed by atoms with E-state index >= 15 is 0 Å². The van der Waals surface area contributed by atoms with Crippen LogP contribution in [-0.2, 0) is 32.0 Å². The van der Waals surface area contributed by atoms with Gasteiger partial charge in [-0.25, -0.2) is 0 Å². The predicted octanol–water partition coefficient (Wildman–Crippen LogP) is 6.31. The number of halogens is 1. The summed E-state index contributed by atoms with van der Waals surface area (Å²) in [6, 6.07) is 17.0. The van der Waals surface area contributed by atoms with Crippen LogP contribution in [0.25, 0.3) is 10.9 Å². The quantitative estimate of drug-likeness (QED) is 0.104. The number of carboxylic acid groups (broad SMARTS) is 1. The third kappa shape index (κ3) is 8.45. The number of rotatable bonds is 15. The highest BCUT2D eigenvalue weighted by molar-refractivity contribution is 8.22. The molecule has 9 nitrogen and oxygen atoms in total. The maximum atomic E-state index is 13.5. The third-order valence-electron chi connectivity index (χ3n) is 6.41. The number of nitrogens with one attached hydrogen (secondary N) is 2. The lowest BCUT2D eigenvalue weighted by molar-refractivity contribution is -0.137. The van der Waals surface area contributed by atoms with Gasteiger partial charge in [0.05, 0.1) is 28.9 Å². The Morgan fingerprint density at radius 1 is 1.07 bits per heavy atom. The molecule has 2 aromatic carbocycles. The second kappa shape index (κ2) is 14.2. The van der Waals surface area contributed by atoms with Crippen molar-refractivity contribution < 1.29 is 23.6 Å². The normalized spacial score (nSPS) is 12.6. The van der Waals surface area contributed by atoms with E-state index in [0.29, 0.717) is 46.0 Å². The smallest absolute Gasteiger partial charge is 0.303 e. The van der Waals surface area contributed by atoms with Crippen molar-refractivity contribution in [1.82, 2.24) is 15.1 Å². The Morgan fingerprint density at radius 2 is 1.80 bits per heavy atom. The molecule has 1 amide bonds. The molecule has 4 rings (SSSR count). The van der Waals surface area contributed by atoms with Crippen molar-refractivity contribution in [2.24, 2.45) is 0 Å². The number of benzene rings is 2. The number of hydrogen-bond donors (Lipinski definition) is 3. The van der Waals surface area contributed by atoms with E-state index in [9.17, 15) is 13.8 Å². The summed E-state index contributed by atoms with van der Waals surface area (Å²) in [6.07, 6.45) is 3.61. The van der Waals surface area contributed by atoms with Crippen LogP contribution in [0.3, 0.4) is 0 Å². The molecule has 2 atom stereocenters. The highest BCUT2D eigenvalue weighted by atomic mass is 35.5. The molecule has 0 aliphatic heterocycles. The molecular weight excluding hydrogens is 603 g/mol. The molecule has 2 unspecified atom stereocenters. The second-order valence-electron chi connectivity index (χ2n) is 9.53. The van der Waals surface area contributed by atoms with E-state index in [1.54, 1.807) is 19.2 Å². The van der Waals surface area contributed by atoms with Crippen molar-refractivity contribution >= 4 is 68.8 Å². The predicted molar refractivity (Wildman–Crippen MR) is 168 cm³/mol. The van der Waals surface area contributed by atoms with Crippen LogP contribution in [0.4, 0.5) is 5.82 Å². The Bertz CT molecular complexity index is 1640. The van der Waals surface area contributed by atoms with Gasteiger partial charge in [-0.3, -0.25) is 19.0 Å². The van der Waals surface area contributed by atoms with E-state index in [2.05, 4.69) is 18.1 Å². The number of ether oxygens (including phenoxy) is 1. The Morgan fingerprint density at radius 3 is 2.51 bits per heavy atom. The number of unbranched alkanes of at least 4 members (excludes halogenated alkanes) is 3. The minimum Gasteiger partial charge on any atom is -0.496 e. The monoisotopic (exact) mass is 635 g/mol. The topological polar surface area (TPSA) is 123 Å². The summed E-state index contributed by atoms with van der Waals surface area (Å²) >= 11 is 7.33. The van der Waals surface area contributed by atoms with Gasteiger partial charge in [-0.2, -0.15) is 9.31 Å². The number of nitrogens with zero attached hydrogens (tertiary/aromatic N) is 2. The molecule has 3 N–H and O–H groups in total. The Kier molecular flexibility index (Phi) is 10.7. The fraction of sp³-hybridized carbons (Fsp3) is 0.321. The van der Waals surface area contributed by atoms with Crippen molar-refractivity contribution in [2.45, 2.75) is 55.8 Å².